The van der Waals surface area contributed by atoms with E-state index >= 15 is 0 Å². The maximum Gasteiger partial charge on any atom is 0.416 e. The normalized spacial score (nSPS) is 24.1. The van der Waals surface area contributed by atoms with Crippen LogP contribution < -0.4 is 5.32 Å². The Hall–Kier alpha value is -3.10. The SMILES string of the molecule is CCOC(=O)C1C(C(C)(C)C)C(Nc2cc(C(F)(F)F)cc(C)n2)C(c2ccccc2)N1C(=O)C1CCCCC1. The van der Waals surface area contributed by atoms with Gasteiger partial charge in [-0.1, -0.05) is 70.4 Å². The van der Waals surface area contributed by atoms with Gasteiger partial charge in [0.2, 0.25) is 5.91 Å². The van der Waals surface area contributed by atoms with Crippen LogP contribution in [-0.4, -0.2) is 40.5 Å². The Labute approximate surface area is 234 Å². The molecule has 1 saturated heterocycles. The quantitative estimate of drug-likeness (QED) is 0.388. The van der Waals surface area contributed by atoms with Crippen molar-refractivity contribution < 1.29 is 27.5 Å². The van der Waals surface area contributed by atoms with Crippen molar-refractivity contribution in [3.8, 4) is 0 Å². The summed E-state index contributed by atoms with van der Waals surface area (Å²) in [4.78, 5) is 34.1. The molecule has 2 aromatic rings. The Balaban J connectivity index is 1.90. The lowest BCUT2D eigenvalue weighted by atomic mass is 9.72. The second kappa shape index (κ2) is 11.8. The molecule has 4 rings (SSSR count). The van der Waals surface area contributed by atoms with Crippen molar-refractivity contribution in [2.45, 2.75) is 91.0 Å². The summed E-state index contributed by atoms with van der Waals surface area (Å²) in [6.07, 6.45) is -0.0799. The summed E-state index contributed by atoms with van der Waals surface area (Å²) in [5, 5.41) is 3.30. The van der Waals surface area contributed by atoms with Crippen LogP contribution in [-0.2, 0) is 20.5 Å². The minimum atomic E-state index is -4.54. The van der Waals surface area contributed by atoms with Gasteiger partial charge < -0.3 is 15.0 Å². The van der Waals surface area contributed by atoms with E-state index in [4.69, 9.17) is 4.74 Å². The summed E-state index contributed by atoms with van der Waals surface area (Å²) in [7, 11) is 0. The second-order valence-electron chi connectivity index (χ2n) is 12.1. The van der Waals surface area contributed by atoms with Crippen LogP contribution in [0.25, 0.3) is 0 Å². The van der Waals surface area contributed by atoms with Gasteiger partial charge in [0.05, 0.1) is 24.3 Å². The molecule has 1 aliphatic carbocycles. The van der Waals surface area contributed by atoms with E-state index in [1.165, 1.54) is 6.92 Å². The number of aromatic nitrogens is 1. The first-order valence-corrected chi connectivity index (χ1v) is 14.2. The Morgan fingerprint density at radius 1 is 1.05 bits per heavy atom. The molecule has 218 valence electrons. The summed E-state index contributed by atoms with van der Waals surface area (Å²) < 4.78 is 46.7. The molecule has 4 atom stereocenters. The minimum absolute atomic E-state index is 0.0575. The fourth-order valence-corrected chi connectivity index (χ4v) is 6.51. The minimum Gasteiger partial charge on any atom is -0.464 e. The zero-order chi connectivity index (χ0) is 29.2. The van der Waals surface area contributed by atoms with Crippen molar-refractivity contribution >= 4 is 17.7 Å². The van der Waals surface area contributed by atoms with Gasteiger partial charge in [0.1, 0.15) is 11.9 Å². The smallest absolute Gasteiger partial charge is 0.416 e. The number of carbonyl (C=O) groups excluding carboxylic acids is 2. The third-order valence-corrected chi connectivity index (χ3v) is 8.14. The van der Waals surface area contributed by atoms with Crippen LogP contribution in [0.4, 0.5) is 19.0 Å². The van der Waals surface area contributed by atoms with Gasteiger partial charge >= 0.3 is 12.1 Å². The van der Waals surface area contributed by atoms with Crippen LogP contribution in [0.2, 0.25) is 0 Å². The lowest BCUT2D eigenvalue weighted by molar-refractivity contribution is -0.158. The predicted molar refractivity (Wildman–Crippen MR) is 147 cm³/mol. The number of likely N-dealkylation sites (tertiary alicyclic amines) is 1. The fourth-order valence-electron chi connectivity index (χ4n) is 6.51. The van der Waals surface area contributed by atoms with Crippen molar-refractivity contribution in [2.75, 3.05) is 11.9 Å². The Morgan fingerprint density at radius 2 is 1.70 bits per heavy atom. The first-order chi connectivity index (χ1) is 18.8. The monoisotopic (exact) mass is 559 g/mol. The number of hydrogen-bond donors (Lipinski definition) is 1. The molecule has 0 spiro atoms. The standard InChI is InChI=1S/C31H40F3N3O3/c1-6-40-29(39)27-24(30(3,4)5)25(36-23-18-22(31(32,33)34)17-19(2)35-23)26(20-13-9-7-10-14-20)37(27)28(38)21-15-11-8-12-16-21/h7,9-10,13-14,17-18,21,24-27H,6,8,11-12,15-16H2,1-5H3,(H,35,36). The van der Waals surface area contributed by atoms with Crippen molar-refractivity contribution in [1.82, 2.24) is 9.88 Å². The Bertz CT molecular complexity index is 1190. The van der Waals surface area contributed by atoms with Crippen LogP contribution in [0.5, 0.6) is 0 Å². The molecular formula is C31H40F3N3O3. The molecule has 6 nitrogen and oxygen atoms in total. The number of nitrogens with zero attached hydrogens (tertiary/aromatic N) is 2. The molecule has 1 saturated carbocycles. The molecular weight excluding hydrogens is 519 g/mol. The van der Waals surface area contributed by atoms with Crippen molar-refractivity contribution in [3.05, 3.63) is 59.3 Å². The maximum absolute atomic E-state index is 14.3. The summed E-state index contributed by atoms with van der Waals surface area (Å²) in [5.41, 5.74) is -0.313. The van der Waals surface area contributed by atoms with Gasteiger partial charge in [-0.25, -0.2) is 9.78 Å². The lowest BCUT2D eigenvalue weighted by Gasteiger charge is -2.36. The van der Waals surface area contributed by atoms with Crippen molar-refractivity contribution in [3.63, 3.8) is 0 Å². The second-order valence-corrected chi connectivity index (χ2v) is 12.1. The molecule has 0 radical (unpaired) electrons. The number of carbonyl (C=O) groups is 2. The number of hydrogen-bond acceptors (Lipinski definition) is 5. The van der Waals surface area contributed by atoms with Gasteiger partial charge in [0.25, 0.3) is 0 Å². The highest BCUT2D eigenvalue weighted by Crippen LogP contribution is 2.50. The van der Waals surface area contributed by atoms with Gasteiger partial charge in [-0.3, -0.25) is 4.79 Å². The summed E-state index contributed by atoms with van der Waals surface area (Å²) in [5.74, 6) is -1.24. The molecule has 9 heteroatoms. The number of alkyl halides is 3. The zero-order valence-electron chi connectivity index (χ0n) is 23.9. The number of rotatable bonds is 6. The van der Waals surface area contributed by atoms with Gasteiger partial charge in [-0.15, -0.1) is 0 Å². The van der Waals surface area contributed by atoms with E-state index in [-0.39, 0.29) is 29.9 Å². The predicted octanol–water partition coefficient (Wildman–Crippen LogP) is 6.95. The summed E-state index contributed by atoms with van der Waals surface area (Å²) in [6.45, 7) is 9.36. The number of aryl methyl sites for hydroxylation is 1. The zero-order valence-corrected chi connectivity index (χ0v) is 23.9. The Morgan fingerprint density at radius 3 is 2.27 bits per heavy atom. The van der Waals surface area contributed by atoms with Gasteiger partial charge in [0.15, 0.2) is 0 Å². The summed E-state index contributed by atoms with van der Waals surface area (Å²) >= 11 is 0. The molecule has 1 N–H and O–H groups in total. The van der Waals surface area contributed by atoms with E-state index in [1.807, 2.05) is 51.1 Å². The average Bonchev–Trinajstić information content (AvgIpc) is 3.24. The topological polar surface area (TPSA) is 71.5 Å². The highest BCUT2D eigenvalue weighted by atomic mass is 19.4. The van der Waals surface area contributed by atoms with Crippen LogP contribution in [0.3, 0.4) is 0 Å². The lowest BCUT2D eigenvalue weighted by Crippen LogP contribution is -2.49. The molecule has 2 aliphatic rings. The highest BCUT2D eigenvalue weighted by molar-refractivity contribution is 5.88. The molecule has 1 aromatic heterocycles. The highest BCUT2D eigenvalue weighted by Gasteiger charge is 2.59. The van der Waals surface area contributed by atoms with Crippen molar-refractivity contribution in [2.24, 2.45) is 17.3 Å². The molecule has 4 unspecified atom stereocenters. The van der Waals surface area contributed by atoms with E-state index in [0.29, 0.717) is 0 Å². The number of benzene rings is 1. The molecule has 2 heterocycles. The molecule has 40 heavy (non-hydrogen) atoms. The van der Waals surface area contributed by atoms with E-state index in [0.717, 1.165) is 49.8 Å². The van der Waals surface area contributed by atoms with E-state index in [9.17, 15) is 22.8 Å². The van der Waals surface area contributed by atoms with Crippen LogP contribution in [0, 0.1) is 24.2 Å². The van der Waals surface area contributed by atoms with Gasteiger partial charge in [0, 0.05) is 17.5 Å². The maximum atomic E-state index is 14.3. The molecule has 1 amide bonds. The Kier molecular flexibility index (Phi) is 8.80. The molecule has 2 fully saturated rings. The number of nitrogens with one attached hydrogen (secondary N) is 1. The van der Waals surface area contributed by atoms with Crippen LogP contribution in [0.1, 0.15) is 82.7 Å². The molecule has 0 bridgehead atoms. The number of esters is 1. The molecule has 1 aromatic carbocycles. The number of anilines is 1. The van der Waals surface area contributed by atoms with Crippen LogP contribution in [0.15, 0.2) is 42.5 Å². The third-order valence-electron chi connectivity index (χ3n) is 8.14. The number of ether oxygens (including phenoxy) is 1. The first-order valence-electron chi connectivity index (χ1n) is 14.2. The summed E-state index contributed by atoms with van der Waals surface area (Å²) in [6, 6.07) is 9.27. The van der Waals surface area contributed by atoms with Crippen LogP contribution >= 0.6 is 0 Å². The van der Waals surface area contributed by atoms with E-state index in [1.54, 1.807) is 11.8 Å². The van der Waals surface area contributed by atoms with Gasteiger partial charge in [-0.05, 0) is 49.8 Å². The van der Waals surface area contributed by atoms with E-state index in [2.05, 4.69) is 10.3 Å². The number of pyridine rings is 1. The number of halogens is 3. The van der Waals surface area contributed by atoms with Crippen molar-refractivity contribution in [1.29, 1.82) is 0 Å². The largest absolute Gasteiger partial charge is 0.464 e. The molecule has 1 aliphatic heterocycles. The van der Waals surface area contributed by atoms with E-state index < -0.39 is 47.2 Å². The first kappa shape index (κ1) is 29.9. The number of amides is 1. The fraction of sp³-hybridized carbons (Fsp3) is 0.581. The third kappa shape index (κ3) is 6.28. The van der Waals surface area contributed by atoms with Gasteiger partial charge in [-0.2, -0.15) is 13.2 Å². The average molecular weight is 560 g/mol.